The molecule has 7 heteroatoms. The number of hydrogen-bond acceptors (Lipinski definition) is 6. The molecule has 0 bridgehead atoms. The molecule has 1 aliphatic heterocycles. The van der Waals surface area contributed by atoms with Crippen LogP contribution in [0.4, 0.5) is 4.79 Å². The van der Waals surface area contributed by atoms with Gasteiger partial charge in [0, 0.05) is 19.9 Å². The summed E-state index contributed by atoms with van der Waals surface area (Å²) in [6, 6.07) is 18.6. The van der Waals surface area contributed by atoms with Crippen molar-refractivity contribution < 1.29 is 23.8 Å². The van der Waals surface area contributed by atoms with Crippen LogP contribution in [0.3, 0.4) is 0 Å². The smallest absolute Gasteiger partial charge is 0.412 e. The summed E-state index contributed by atoms with van der Waals surface area (Å²) in [6.07, 6.45) is 2.90. The van der Waals surface area contributed by atoms with Crippen molar-refractivity contribution in [3.8, 4) is 0 Å². The molecule has 0 N–H and O–H groups in total. The fraction of sp³-hybridized carbons (Fsp3) is 0.400. The van der Waals surface area contributed by atoms with Gasteiger partial charge in [-0.2, -0.15) is 0 Å². The summed E-state index contributed by atoms with van der Waals surface area (Å²) >= 11 is 0. The highest BCUT2D eigenvalue weighted by molar-refractivity contribution is 5.83. The molecule has 2 aromatic carbocycles. The van der Waals surface area contributed by atoms with Crippen LogP contribution in [-0.2, 0) is 25.6 Å². The summed E-state index contributed by atoms with van der Waals surface area (Å²) in [4.78, 5) is 30.9. The Labute approximate surface area is 189 Å². The van der Waals surface area contributed by atoms with E-state index in [1.807, 2.05) is 60.7 Å². The zero-order valence-corrected chi connectivity index (χ0v) is 18.6. The Morgan fingerprint density at radius 2 is 1.78 bits per heavy atom. The van der Waals surface area contributed by atoms with Crippen LogP contribution in [0.5, 0.6) is 0 Å². The van der Waals surface area contributed by atoms with Crippen LogP contribution in [-0.4, -0.2) is 56.2 Å². The van der Waals surface area contributed by atoms with E-state index < -0.39 is 12.1 Å². The van der Waals surface area contributed by atoms with Crippen LogP contribution in [0.2, 0.25) is 0 Å². The largest absolute Gasteiger partial charge is 0.467 e. The van der Waals surface area contributed by atoms with Gasteiger partial charge in [-0.3, -0.25) is 9.89 Å². The van der Waals surface area contributed by atoms with E-state index in [0.717, 1.165) is 11.1 Å². The molecule has 0 saturated carbocycles. The Kier molecular flexibility index (Phi) is 8.80. The molecule has 1 heterocycles. The minimum Gasteiger partial charge on any atom is -0.467 e. The van der Waals surface area contributed by atoms with Gasteiger partial charge in [-0.05, 0) is 36.3 Å². The number of nitrogens with zero attached hydrogens (tertiary/aromatic N) is 2. The minimum atomic E-state index is -0.583. The highest BCUT2D eigenvalue weighted by atomic mass is 16.6. The molecule has 1 amide bonds. The normalized spacial score (nSPS) is 19.1. The van der Waals surface area contributed by atoms with Crippen LogP contribution in [0.1, 0.15) is 30.4 Å². The van der Waals surface area contributed by atoms with E-state index in [1.54, 1.807) is 18.2 Å². The van der Waals surface area contributed by atoms with Crippen molar-refractivity contribution >= 4 is 18.3 Å². The van der Waals surface area contributed by atoms with E-state index in [4.69, 9.17) is 14.2 Å². The number of benzene rings is 2. The second-order valence-corrected chi connectivity index (χ2v) is 7.79. The SMILES string of the molecule is COC(=O)C(CCC1CC(OC)N(C(=O)OCc2ccccc2)C1)N=Cc1ccccc1. The van der Waals surface area contributed by atoms with Crippen molar-refractivity contribution in [1.29, 1.82) is 0 Å². The van der Waals surface area contributed by atoms with Gasteiger partial charge in [-0.15, -0.1) is 0 Å². The topological polar surface area (TPSA) is 77.4 Å². The number of hydrogen-bond donors (Lipinski definition) is 0. The van der Waals surface area contributed by atoms with Gasteiger partial charge < -0.3 is 14.2 Å². The molecule has 0 radical (unpaired) electrons. The standard InChI is InChI=1S/C25H30N2O5/c1-30-23-15-21(17-27(23)25(29)32-18-20-11-7-4-8-12-20)13-14-22(24(28)31-2)26-16-19-9-5-3-6-10-19/h3-12,16,21-23H,13-15,17-18H2,1-2H3. The van der Waals surface area contributed by atoms with Crippen LogP contribution in [0.25, 0.3) is 0 Å². The monoisotopic (exact) mass is 438 g/mol. The number of ether oxygens (including phenoxy) is 3. The van der Waals surface area contributed by atoms with Crippen LogP contribution in [0.15, 0.2) is 65.7 Å². The van der Waals surface area contributed by atoms with Crippen molar-refractivity contribution in [2.45, 2.75) is 38.1 Å². The molecule has 2 aromatic rings. The zero-order chi connectivity index (χ0) is 22.8. The fourth-order valence-corrected chi connectivity index (χ4v) is 3.81. The first-order chi connectivity index (χ1) is 15.6. The van der Waals surface area contributed by atoms with Crippen molar-refractivity contribution in [3.05, 3.63) is 71.8 Å². The average Bonchev–Trinajstić information content (AvgIpc) is 3.27. The lowest BCUT2D eigenvalue weighted by Crippen LogP contribution is -2.37. The maximum absolute atomic E-state index is 12.6. The third-order valence-electron chi connectivity index (χ3n) is 5.57. The fourth-order valence-electron chi connectivity index (χ4n) is 3.81. The zero-order valence-electron chi connectivity index (χ0n) is 18.6. The molecular formula is C25H30N2O5. The lowest BCUT2D eigenvalue weighted by molar-refractivity contribution is -0.142. The summed E-state index contributed by atoms with van der Waals surface area (Å²) in [5, 5.41) is 0. The molecular weight excluding hydrogens is 408 g/mol. The lowest BCUT2D eigenvalue weighted by atomic mass is 9.99. The Balaban J connectivity index is 1.54. The highest BCUT2D eigenvalue weighted by Crippen LogP contribution is 2.29. The highest BCUT2D eigenvalue weighted by Gasteiger charge is 2.36. The first-order valence-electron chi connectivity index (χ1n) is 10.8. The van der Waals surface area contributed by atoms with Crippen LogP contribution < -0.4 is 0 Å². The van der Waals surface area contributed by atoms with Gasteiger partial charge >= 0.3 is 12.1 Å². The molecule has 0 aliphatic carbocycles. The van der Waals surface area contributed by atoms with Gasteiger partial charge in [0.15, 0.2) is 0 Å². The quantitative estimate of drug-likeness (QED) is 0.436. The molecule has 32 heavy (non-hydrogen) atoms. The van der Waals surface area contributed by atoms with Crippen LogP contribution >= 0.6 is 0 Å². The molecule has 170 valence electrons. The molecule has 7 nitrogen and oxygen atoms in total. The molecule has 3 unspecified atom stereocenters. The molecule has 3 atom stereocenters. The third kappa shape index (κ3) is 6.65. The maximum atomic E-state index is 12.6. The van der Waals surface area contributed by atoms with Crippen molar-refractivity contribution in [3.63, 3.8) is 0 Å². The second-order valence-electron chi connectivity index (χ2n) is 7.79. The molecule has 0 spiro atoms. The number of methoxy groups -OCH3 is 2. The Hall–Kier alpha value is -3.19. The first-order valence-corrected chi connectivity index (χ1v) is 10.8. The van der Waals surface area contributed by atoms with Crippen molar-refractivity contribution in [2.24, 2.45) is 10.9 Å². The summed E-state index contributed by atoms with van der Waals surface area (Å²) in [6.45, 7) is 0.734. The predicted molar refractivity (Wildman–Crippen MR) is 121 cm³/mol. The Bertz CT molecular complexity index is 888. The minimum absolute atomic E-state index is 0.184. The van der Waals surface area contributed by atoms with E-state index in [1.165, 1.54) is 7.11 Å². The van der Waals surface area contributed by atoms with Crippen molar-refractivity contribution in [2.75, 3.05) is 20.8 Å². The molecule has 1 fully saturated rings. The number of amides is 1. The van der Waals surface area contributed by atoms with E-state index in [0.29, 0.717) is 25.8 Å². The number of rotatable bonds is 9. The summed E-state index contributed by atoms with van der Waals surface area (Å²) in [7, 11) is 2.96. The van der Waals surface area contributed by atoms with Gasteiger partial charge in [0.05, 0.1) is 7.11 Å². The van der Waals surface area contributed by atoms with E-state index in [9.17, 15) is 9.59 Å². The van der Waals surface area contributed by atoms with Gasteiger partial charge in [0.2, 0.25) is 0 Å². The second kappa shape index (κ2) is 12.0. The lowest BCUT2D eigenvalue weighted by Gasteiger charge is -2.22. The van der Waals surface area contributed by atoms with Crippen LogP contribution in [0, 0.1) is 5.92 Å². The predicted octanol–water partition coefficient (Wildman–Crippen LogP) is 4.06. The maximum Gasteiger partial charge on any atom is 0.412 e. The van der Waals surface area contributed by atoms with Gasteiger partial charge in [0.1, 0.15) is 18.9 Å². The first kappa shape index (κ1) is 23.5. The van der Waals surface area contributed by atoms with E-state index in [2.05, 4.69) is 4.99 Å². The number of esters is 1. The third-order valence-corrected chi connectivity index (χ3v) is 5.57. The Morgan fingerprint density at radius 3 is 2.44 bits per heavy atom. The molecule has 3 rings (SSSR count). The number of likely N-dealkylation sites (tertiary alicyclic amines) is 1. The molecule has 1 aliphatic rings. The number of carbonyl (C=O) groups excluding carboxylic acids is 2. The van der Waals surface area contributed by atoms with E-state index >= 15 is 0 Å². The average molecular weight is 439 g/mol. The van der Waals surface area contributed by atoms with Gasteiger partial charge in [-0.1, -0.05) is 60.7 Å². The Morgan fingerprint density at radius 1 is 1.09 bits per heavy atom. The number of aliphatic imine (C=N–C) groups is 1. The summed E-state index contributed by atoms with van der Waals surface area (Å²) in [5.41, 5.74) is 1.86. The summed E-state index contributed by atoms with van der Waals surface area (Å²) < 4.78 is 15.9. The molecule has 1 saturated heterocycles. The van der Waals surface area contributed by atoms with E-state index in [-0.39, 0.29) is 24.7 Å². The molecule has 0 aromatic heterocycles. The summed E-state index contributed by atoms with van der Waals surface area (Å²) in [5.74, 6) is -0.180. The van der Waals surface area contributed by atoms with Crippen molar-refractivity contribution in [1.82, 2.24) is 4.90 Å². The van der Waals surface area contributed by atoms with Gasteiger partial charge in [-0.25, -0.2) is 9.59 Å². The number of carbonyl (C=O) groups is 2. The van der Waals surface area contributed by atoms with Gasteiger partial charge in [0.25, 0.3) is 0 Å².